The first-order valence-corrected chi connectivity index (χ1v) is 4.99. The lowest BCUT2D eigenvalue weighted by molar-refractivity contribution is -0.274. The average Bonchev–Trinajstić information content (AvgIpc) is 2.29. The quantitative estimate of drug-likeness (QED) is 0.731. The van der Waals surface area contributed by atoms with Gasteiger partial charge in [-0.3, -0.25) is 0 Å². The maximum absolute atomic E-state index is 13.5. The van der Waals surface area contributed by atoms with Crippen LogP contribution in [0.1, 0.15) is 0 Å². The van der Waals surface area contributed by atoms with Gasteiger partial charge in [0.25, 0.3) is 0 Å². The van der Waals surface area contributed by atoms with Crippen LogP contribution in [0.3, 0.4) is 0 Å². The molecule has 1 nitrogen and oxygen atoms in total. The van der Waals surface area contributed by atoms with E-state index >= 15 is 0 Å². The Bertz CT molecular complexity index is 549. The standard InChI is InChI=1S/C13H7F4O/c14-11-7-3-1-5-9(11)10-6-2-4-8-12(10)18-13(15,16)17/h1-5,7-8H. The summed E-state index contributed by atoms with van der Waals surface area (Å²) in [6.07, 6.45) is -4.82. The Balaban J connectivity index is 2.49. The molecule has 0 aliphatic heterocycles. The van der Waals surface area contributed by atoms with Gasteiger partial charge in [-0.25, -0.2) is 4.39 Å². The van der Waals surface area contributed by atoms with E-state index in [4.69, 9.17) is 0 Å². The molecule has 18 heavy (non-hydrogen) atoms. The highest BCUT2D eigenvalue weighted by atomic mass is 19.4. The molecule has 2 aromatic rings. The van der Waals surface area contributed by atoms with Crippen LogP contribution in [-0.2, 0) is 0 Å². The summed E-state index contributed by atoms with van der Waals surface area (Å²) in [6, 6.07) is 11.9. The van der Waals surface area contributed by atoms with E-state index in [1.54, 1.807) is 0 Å². The van der Waals surface area contributed by atoms with Crippen molar-refractivity contribution in [2.45, 2.75) is 6.36 Å². The van der Waals surface area contributed by atoms with Crippen LogP contribution < -0.4 is 4.74 Å². The van der Waals surface area contributed by atoms with Gasteiger partial charge in [0.2, 0.25) is 0 Å². The monoisotopic (exact) mass is 255 g/mol. The van der Waals surface area contributed by atoms with Gasteiger partial charge in [0.1, 0.15) is 11.6 Å². The molecule has 0 bridgehead atoms. The lowest BCUT2D eigenvalue weighted by atomic mass is 10.0. The Hall–Kier alpha value is -2.04. The van der Waals surface area contributed by atoms with Gasteiger partial charge in [0.15, 0.2) is 0 Å². The second-order valence-corrected chi connectivity index (χ2v) is 3.44. The molecule has 93 valence electrons. The molecule has 0 saturated carbocycles. The van der Waals surface area contributed by atoms with Crippen molar-refractivity contribution in [1.82, 2.24) is 0 Å². The van der Waals surface area contributed by atoms with Gasteiger partial charge in [0, 0.05) is 11.1 Å². The Kier molecular flexibility index (Phi) is 3.23. The molecule has 0 fully saturated rings. The number of halogens is 4. The molecule has 1 radical (unpaired) electrons. The second kappa shape index (κ2) is 4.68. The fourth-order valence-corrected chi connectivity index (χ4v) is 1.51. The smallest absolute Gasteiger partial charge is 0.405 e. The Morgan fingerprint density at radius 1 is 1.00 bits per heavy atom. The molecule has 0 aliphatic rings. The number of hydrogen-bond donors (Lipinski definition) is 0. The van der Waals surface area contributed by atoms with Gasteiger partial charge < -0.3 is 4.74 Å². The van der Waals surface area contributed by atoms with E-state index in [-0.39, 0.29) is 11.1 Å². The second-order valence-electron chi connectivity index (χ2n) is 3.44. The zero-order valence-corrected chi connectivity index (χ0v) is 8.96. The summed E-state index contributed by atoms with van der Waals surface area (Å²) in [5.74, 6) is -1.11. The molecule has 5 heteroatoms. The third-order valence-electron chi connectivity index (χ3n) is 2.19. The van der Waals surface area contributed by atoms with Crippen LogP contribution in [0.5, 0.6) is 5.75 Å². The van der Waals surface area contributed by atoms with Crippen molar-refractivity contribution < 1.29 is 22.3 Å². The van der Waals surface area contributed by atoms with Crippen molar-refractivity contribution >= 4 is 0 Å². The molecule has 0 unspecified atom stereocenters. The molecular weight excluding hydrogens is 248 g/mol. The molecule has 0 aromatic heterocycles. The van der Waals surface area contributed by atoms with E-state index in [1.807, 2.05) is 0 Å². The highest BCUT2D eigenvalue weighted by molar-refractivity contribution is 5.70. The maximum Gasteiger partial charge on any atom is 0.573 e. The lowest BCUT2D eigenvalue weighted by Crippen LogP contribution is -2.17. The van der Waals surface area contributed by atoms with Crippen LogP contribution in [0.15, 0.2) is 42.5 Å². The number of ether oxygens (including phenoxy) is 1. The highest BCUT2D eigenvalue weighted by Crippen LogP contribution is 2.34. The SMILES string of the molecule is Fc1ccccc1-c1[c]cccc1OC(F)(F)F. The summed E-state index contributed by atoms with van der Waals surface area (Å²) in [4.78, 5) is 0. The van der Waals surface area contributed by atoms with E-state index < -0.39 is 17.9 Å². The fraction of sp³-hybridized carbons (Fsp3) is 0.0769. The van der Waals surface area contributed by atoms with E-state index in [0.717, 1.165) is 12.1 Å². The summed E-state index contributed by atoms with van der Waals surface area (Å²) in [6.45, 7) is 0. The molecule has 0 spiro atoms. The molecule has 0 aliphatic carbocycles. The predicted octanol–water partition coefficient (Wildman–Crippen LogP) is 4.19. The first-order valence-electron chi connectivity index (χ1n) is 4.99. The Morgan fingerprint density at radius 3 is 2.39 bits per heavy atom. The van der Waals surface area contributed by atoms with E-state index in [1.165, 1.54) is 30.3 Å². The van der Waals surface area contributed by atoms with E-state index in [0.29, 0.717) is 0 Å². The van der Waals surface area contributed by atoms with Crippen molar-refractivity contribution in [1.29, 1.82) is 0 Å². The first kappa shape index (κ1) is 12.4. The van der Waals surface area contributed by atoms with Crippen LogP contribution in [0.25, 0.3) is 11.1 Å². The van der Waals surface area contributed by atoms with Crippen LogP contribution in [0, 0.1) is 11.9 Å². The predicted molar refractivity (Wildman–Crippen MR) is 57.4 cm³/mol. The average molecular weight is 255 g/mol. The summed E-state index contributed by atoms with van der Waals surface area (Å²) < 4.78 is 54.0. The van der Waals surface area contributed by atoms with Crippen molar-refractivity contribution in [3.05, 3.63) is 54.3 Å². The molecule has 0 N–H and O–H groups in total. The third kappa shape index (κ3) is 2.80. The third-order valence-corrected chi connectivity index (χ3v) is 2.19. The largest absolute Gasteiger partial charge is 0.573 e. The summed E-state index contributed by atoms with van der Waals surface area (Å²) in [5.41, 5.74) is -0.0507. The van der Waals surface area contributed by atoms with Gasteiger partial charge in [-0.2, -0.15) is 0 Å². The fourth-order valence-electron chi connectivity index (χ4n) is 1.51. The molecule has 0 saturated heterocycles. The molecular formula is C13H7F4O. The van der Waals surface area contributed by atoms with Crippen LogP contribution in [0.4, 0.5) is 17.6 Å². The molecule has 2 rings (SSSR count). The van der Waals surface area contributed by atoms with Gasteiger partial charge in [-0.15, -0.1) is 13.2 Å². The van der Waals surface area contributed by atoms with Crippen LogP contribution in [0.2, 0.25) is 0 Å². The molecule has 0 heterocycles. The summed E-state index contributed by atoms with van der Waals surface area (Å²) >= 11 is 0. The van der Waals surface area contributed by atoms with E-state index in [9.17, 15) is 17.6 Å². The number of benzene rings is 2. The van der Waals surface area contributed by atoms with Crippen LogP contribution >= 0.6 is 0 Å². The topological polar surface area (TPSA) is 9.23 Å². The van der Waals surface area contributed by atoms with Crippen molar-refractivity contribution in [2.75, 3.05) is 0 Å². The zero-order valence-electron chi connectivity index (χ0n) is 8.96. The van der Waals surface area contributed by atoms with Gasteiger partial charge in [-0.1, -0.05) is 30.3 Å². The van der Waals surface area contributed by atoms with Gasteiger partial charge in [-0.05, 0) is 18.2 Å². The molecule has 0 amide bonds. The Labute approximate surface area is 101 Å². The summed E-state index contributed by atoms with van der Waals surface area (Å²) in [5, 5.41) is 0. The van der Waals surface area contributed by atoms with E-state index in [2.05, 4.69) is 10.8 Å². The zero-order chi connectivity index (χ0) is 13.2. The minimum atomic E-state index is -4.82. The number of rotatable bonds is 2. The summed E-state index contributed by atoms with van der Waals surface area (Å²) in [7, 11) is 0. The normalized spacial score (nSPS) is 11.3. The lowest BCUT2D eigenvalue weighted by Gasteiger charge is -2.13. The Morgan fingerprint density at radius 2 is 1.72 bits per heavy atom. The maximum atomic E-state index is 13.5. The van der Waals surface area contributed by atoms with Gasteiger partial charge in [0.05, 0.1) is 0 Å². The van der Waals surface area contributed by atoms with Crippen molar-refractivity contribution in [3.63, 3.8) is 0 Å². The van der Waals surface area contributed by atoms with Crippen molar-refractivity contribution in [3.8, 4) is 16.9 Å². The van der Waals surface area contributed by atoms with Crippen LogP contribution in [-0.4, -0.2) is 6.36 Å². The molecule has 0 atom stereocenters. The molecule has 2 aromatic carbocycles. The minimum Gasteiger partial charge on any atom is -0.405 e. The highest BCUT2D eigenvalue weighted by Gasteiger charge is 2.32. The number of alkyl halides is 3. The first-order chi connectivity index (χ1) is 8.47. The van der Waals surface area contributed by atoms with Crippen molar-refractivity contribution in [2.24, 2.45) is 0 Å². The minimum absolute atomic E-state index is 0.0114. The number of hydrogen-bond acceptors (Lipinski definition) is 1. The van der Waals surface area contributed by atoms with Gasteiger partial charge >= 0.3 is 6.36 Å².